The molecular weight excluding hydrogens is 351 g/mol. The largest absolute Gasteiger partial charge is 0.573 e. The van der Waals surface area contributed by atoms with Gasteiger partial charge in [-0.1, -0.05) is 43.7 Å². The third kappa shape index (κ3) is 3.89. The Labute approximate surface area is 148 Å². The van der Waals surface area contributed by atoms with Crippen LogP contribution in [0.4, 0.5) is 22.0 Å². The van der Waals surface area contributed by atoms with Gasteiger partial charge in [0.2, 0.25) is 5.75 Å². The van der Waals surface area contributed by atoms with E-state index in [1.807, 2.05) is 24.3 Å². The molecule has 1 aliphatic rings. The van der Waals surface area contributed by atoms with Crippen LogP contribution in [0.5, 0.6) is 5.75 Å². The van der Waals surface area contributed by atoms with Crippen LogP contribution in [0.1, 0.15) is 42.0 Å². The fourth-order valence-electron chi connectivity index (χ4n) is 3.17. The second kappa shape index (κ2) is 7.09. The minimum atomic E-state index is -5.15. The zero-order valence-corrected chi connectivity index (χ0v) is 14.1. The standard InChI is InChI=1S/C20H17F5O/c1-2-3-12-4-6-13(7-5-12)14-8-9-16-15(10-14)11-17(21)19(18(16)22)26-20(23,24)25/h4-7,10-11H,2-3,8-9H2,1H3. The van der Waals surface area contributed by atoms with Gasteiger partial charge in [0, 0.05) is 0 Å². The molecule has 0 unspecified atom stereocenters. The molecule has 1 aliphatic carbocycles. The molecule has 2 aromatic rings. The second-order valence-electron chi connectivity index (χ2n) is 6.23. The first-order valence-electron chi connectivity index (χ1n) is 8.35. The number of ether oxygens (including phenoxy) is 1. The first kappa shape index (κ1) is 18.4. The molecule has 2 aromatic carbocycles. The van der Waals surface area contributed by atoms with Crippen molar-refractivity contribution in [3.8, 4) is 5.75 Å². The van der Waals surface area contributed by atoms with Crippen LogP contribution in [0.25, 0.3) is 11.6 Å². The minimum Gasteiger partial charge on any atom is -0.399 e. The van der Waals surface area contributed by atoms with Crippen molar-refractivity contribution in [2.75, 3.05) is 0 Å². The van der Waals surface area contributed by atoms with Crippen LogP contribution in [0.3, 0.4) is 0 Å². The topological polar surface area (TPSA) is 9.23 Å². The highest BCUT2D eigenvalue weighted by Crippen LogP contribution is 2.38. The molecule has 0 amide bonds. The molecule has 1 nitrogen and oxygen atoms in total. The van der Waals surface area contributed by atoms with E-state index in [9.17, 15) is 22.0 Å². The minimum absolute atomic E-state index is 0.0389. The molecule has 3 rings (SSSR count). The summed E-state index contributed by atoms with van der Waals surface area (Å²) in [6.07, 6.45) is -0.883. The van der Waals surface area contributed by atoms with Crippen molar-refractivity contribution in [3.05, 3.63) is 64.2 Å². The summed E-state index contributed by atoms with van der Waals surface area (Å²) in [4.78, 5) is 0. The second-order valence-corrected chi connectivity index (χ2v) is 6.23. The summed E-state index contributed by atoms with van der Waals surface area (Å²) in [7, 11) is 0. The number of rotatable bonds is 4. The fourth-order valence-corrected chi connectivity index (χ4v) is 3.17. The van der Waals surface area contributed by atoms with E-state index >= 15 is 0 Å². The summed E-state index contributed by atoms with van der Waals surface area (Å²) >= 11 is 0. The Bertz CT molecular complexity index is 835. The molecule has 0 saturated carbocycles. The van der Waals surface area contributed by atoms with Crippen molar-refractivity contribution >= 4 is 11.6 Å². The van der Waals surface area contributed by atoms with E-state index in [4.69, 9.17) is 0 Å². The van der Waals surface area contributed by atoms with Gasteiger partial charge in [-0.15, -0.1) is 13.2 Å². The molecule has 138 valence electrons. The third-order valence-electron chi connectivity index (χ3n) is 4.37. The lowest BCUT2D eigenvalue weighted by atomic mass is 9.87. The van der Waals surface area contributed by atoms with E-state index in [0.29, 0.717) is 6.42 Å². The Balaban J connectivity index is 1.95. The van der Waals surface area contributed by atoms with Crippen molar-refractivity contribution in [1.29, 1.82) is 0 Å². The van der Waals surface area contributed by atoms with Crippen LogP contribution in [0, 0.1) is 11.6 Å². The Morgan fingerprint density at radius 1 is 1.04 bits per heavy atom. The molecule has 0 spiro atoms. The van der Waals surface area contributed by atoms with Crippen LogP contribution in [-0.2, 0) is 12.8 Å². The zero-order chi connectivity index (χ0) is 18.9. The first-order valence-corrected chi connectivity index (χ1v) is 8.35. The number of hydrogen-bond acceptors (Lipinski definition) is 1. The molecule has 0 atom stereocenters. The Kier molecular flexibility index (Phi) is 5.03. The van der Waals surface area contributed by atoms with Gasteiger partial charge in [-0.25, -0.2) is 8.78 Å². The number of alkyl halides is 3. The van der Waals surface area contributed by atoms with Crippen LogP contribution in [-0.4, -0.2) is 6.36 Å². The van der Waals surface area contributed by atoms with Crippen molar-refractivity contribution in [2.45, 2.75) is 39.0 Å². The molecule has 0 heterocycles. The van der Waals surface area contributed by atoms with E-state index < -0.39 is 23.7 Å². The number of hydrogen-bond donors (Lipinski definition) is 0. The third-order valence-corrected chi connectivity index (χ3v) is 4.37. The summed E-state index contributed by atoms with van der Waals surface area (Å²) in [5, 5.41) is 0. The molecule has 0 bridgehead atoms. The van der Waals surface area contributed by atoms with Gasteiger partial charge < -0.3 is 4.74 Å². The lowest BCUT2D eigenvalue weighted by Crippen LogP contribution is -2.20. The summed E-state index contributed by atoms with van der Waals surface area (Å²) in [5.74, 6) is -4.04. The predicted molar refractivity (Wildman–Crippen MR) is 89.7 cm³/mol. The van der Waals surface area contributed by atoms with E-state index in [1.54, 1.807) is 6.08 Å². The zero-order valence-electron chi connectivity index (χ0n) is 14.1. The van der Waals surface area contributed by atoms with Gasteiger partial charge in [0.1, 0.15) is 0 Å². The van der Waals surface area contributed by atoms with Gasteiger partial charge in [0.15, 0.2) is 11.6 Å². The quantitative estimate of drug-likeness (QED) is 0.575. The normalized spacial score (nSPS) is 14.0. The lowest BCUT2D eigenvalue weighted by Gasteiger charge is -2.20. The van der Waals surface area contributed by atoms with E-state index in [1.165, 1.54) is 5.56 Å². The predicted octanol–water partition coefficient (Wildman–Crippen LogP) is 6.30. The monoisotopic (exact) mass is 368 g/mol. The van der Waals surface area contributed by atoms with Gasteiger partial charge in [-0.3, -0.25) is 0 Å². The number of aryl methyl sites for hydroxylation is 1. The molecule has 0 N–H and O–H groups in total. The highest BCUT2D eigenvalue weighted by molar-refractivity contribution is 5.84. The van der Waals surface area contributed by atoms with Crippen molar-refractivity contribution in [1.82, 2.24) is 0 Å². The molecule has 0 aromatic heterocycles. The summed E-state index contributed by atoms with van der Waals surface area (Å²) in [5.41, 5.74) is 3.32. The number of fused-ring (bicyclic) bond motifs is 1. The van der Waals surface area contributed by atoms with Crippen molar-refractivity contribution in [2.24, 2.45) is 0 Å². The van der Waals surface area contributed by atoms with Crippen LogP contribution in [0.15, 0.2) is 30.3 Å². The first-order chi connectivity index (χ1) is 12.3. The molecule has 0 fully saturated rings. The number of allylic oxidation sites excluding steroid dienone is 1. The van der Waals surface area contributed by atoms with E-state index in [0.717, 1.165) is 30.0 Å². The van der Waals surface area contributed by atoms with E-state index in [-0.39, 0.29) is 17.5 Å². The van der Waals surface area contributed by atoms with Crippen LogP contribution < -0.4 is 4.74 Å². The maximum atomic E-state index is 14.3. The molecule has 26 heavy (non-hydrogen) atoms. The van der Waals surface area contributed by atoms with Crippen LogP contribution >= 0.6 is 0 Å². The Hall–Kier alpha value is -2.37. The molecule has 0 saturated heterocycles. The summed E-state index contributed by atoms with van der Waals surface area (Å²) in [6, 6.07) is 8.82. The SMILES string of the molecule is CCCc1ccc(C2=Cc3cc(F)c(OC(F)(F)F)c(F)c3CC2)cc1. The number of benzene rings is 2. The van der Waals surface area contributed by atoms with Crippen molar-refractivity contribution < 1.29 is 26.7 Å². The van der Waals surface area contributed by atoms with Gasteiger partial charge in [-0.2, -0.15) is 0 Å². The van der Waals surface area contributed by atoms with Gasteiger partial charge in [0.05, 0.1) is 0 Å². The van der Waals surface area contributed by atoms with Gasteiger partial charge >= 0.3 is 6.36 Å². The summed E-state index contributed by atoms with van der Waals surface area (Å²) < 4.78 is 68.8. The summed E-state index contributed by atoms with van der Waals surface area (Å²) in [6.45, 7) is 2.09. The maximum Gasteiger partial charge on any atom is 0.573 e. The molecular formula is C20H17F5O. The smallest absolute Gasteiger partial charge is 0.399 e. The number of halogens is 5. The maximum absolute atomic E-state index is 14.3. The van der Waals surface area contributed by atoms with Crippen molar-refractivity contribution in [3.63, 3.8) is 0 Å². The highest BCUT2D eigenvalue weighted by atomic mass is 19.4. The molecule has 6 heteroatoms. The van der Waals surface area contributed by atoms with Gasteiger partial charge in [-0.05, 0) is 53.2 Å². The molecule has 0 aliphatic heterocycles. The fraction of sp³-hybridized carbons (Fsp3) is 0.300. The Morgan fingerprint density at radius 2 is 1.73 bits per heavy atom. The average molecular weight is 368 g/mol. The Morgan fingerprint density at radius 3 is 2.35 bits per heavy atom. The highest BCUT2D eigenvalue weighted by Gasteiger charge is 2.35. The molecule has 0 radical (unpaired) electrons. The van der Waals surface area contributed by atoms with Crippen LogP contribution in [0.2, 0.25) is 0 Å². The lowest BCUT2D eigenvalue weighted by molar-refractivity contribution is -0.276. The van der Waals surface area contributed by atoms with E-state index in [2.05, 4.69) is 11.7 Å². The average Bonchev–Trinajstić information content (AvgIpc) is 2.58. The van der Waals surface area contributed by atoms with Gasteiger partial charge in [0.25, 0.3) is 0 Å².